The van der Waals surface area contributed by atoms with Crippen LogP contribution in [-0.4, -0.2) is 11.2 Å². The molecule has 14 heavy (non-hydrogen) atoms. The van der Waals surface area contributed by atoms with E-state index in [1.54, 1.807) is 0 Å². The molecule has 0 heterocycles. The highest BCUT2D eigenvalue weighted by atomic mass is 16.3. The summed E-state index contributed by atoms with van der Waals surface area (Å²) in [6.45, 7) is 7.25. The zero-order valence-corrected chi connectivity index (χ0v) is 9.84. The summed E-state index contributed by atoms with van der Waals surface area (Å²) in [7, 11) is 0. The molecule has 0 aliphatic heterocycles. The van der Waals surface area contributed by atoms with Crippen molar-refractivity contribution in [1.29, 1.82) is 0 Å². The maximum Gasteiger partial charge on any atom is 0.0545 e. The molecule has 2 aliphatic rings. The van der Waals surface area contributed by atoms with Gasteiger partial charge in [-0.3, -0.25) is 0 Å². The van der Waals surface area contributed by atoms with Crippen LogP contribution in [0.4, 0.5) is 0 Å². The third-order valence-corrected chi connectivity index (χ3v) is 4.84. The second kappa shape index (κ2) is 3.23. The average Bonchev–Trinajstić information content (AvgIpc) is 2.00. The number of fused-ring (bicyclic) bond motifs is 1. The van der Waals surface area contributed by atoms with E-state index in [-0.39, 0.29) is 6.10 Å². The van der Waals surface area contributed by atoms with Gasteiger partial charge in [-0.15, -0.1) is 0 Å². The Kier molecular flexibility index (Phi) is 2.42. The number of aliphatic hydroxyl groups excluding tert-OH is 1. The molecule has 2 rings (SSSR count). The van der Waals surface area contributed by atoms with Crippen LogP contribution in [0.1, 0.15) is 59.3 Å². The Balaban J connectivity index is 2.21. The summed E-state index contributed by atoms with van der Waals surface area (Å²) in [6, 6.07) is 0. The van der Waals surface area contributed by atoms with E-state index in [1.807, 2.05) is 0 Å². The van der Waals surface area contributed by atoms with E-state index in [9.17, 15) is 5.11 Å². The van der Waals surface area contributed by atoms with Crippen molar-refractivity contribution in [1.82, 2.24) is 0 Å². The zero-order valence-electron chi connectivity index (χ0n) is 9.84. The number of hydrogen-bond donors (Lipinski definition) is 1. The van der Waals surface area contributed by atoms with Crippen LogP contribution in [0, 0.1) is 16.7 Å². The van der Waals surface area contributed by atoms with Crippen molar-refractivity contribution in [3.05, 3.63) is 0 Å². The van der Waals surface area contributed by atoms with Gasteiger partial charge in [0, 0.05) is 0 Å². The van der Waals surface area contributed by atoms with Gasteiger partial charge in [-0.05, 0) is 48.9 Å². The Hall–Kier alpha value is -0.0400. The number of rotatable bonds is 0. The normalized spacial score (nSPS) is 47.1. The Labute approximate surface area is 87.9 Å². The molecule has 1 N–H and O–H groups in total. The Morgan fingerprint density at radius 2 is 1.79 bits per heavy atom. The van der Waals surface area contributed by atoms with Gasteiger partial charge in [-0.1, -0.05) is 27.2 Å². The maximum atomic E-state index is 9.78. The molecule has 0 spiro atoms. The molecule has 3 atom stereocenters. The SMILES string of the molecule is CC1(C)CCCC2(C)CC(O)CC[C@@H]12. The first-order valence-electron chi connectivity index (χ1n) is 6.12. The molecule has 0 radical (unpaired) electrons. The maximum absolute atomic E-state index is 9.78. The van der Waals surface area contributed by atoms with Gasteiger partial charge >= 0.3 is 0 Å². The topological polar surface area (TPSA) is 20.2 Å². The molecule has 1 heteroatoms. The third-order valence-electron chi connectivity index (χ3n) is 4.84. The molecule has 0 saturated heterocycles. The van der Waals surface area contributed by atoms with Crippen molar-refractivity contribution in [2.45, 2.75) is 65.4 Å². The molecule has 2 aliphatic carbocycles. The van der Waals surface area contributed by atoms with E-state index in [0.717, 1.165) is 18.8 Å². The van der Waals surface area contributed by atoms with E-state index in [2.05, 4.69) is 20.8 Å². The van der Waals surface area contributed by atoms with Gasteiger partial charge in [-0.2, -0.15) is 0 Å². The smallest absolute Gasteiger partial charge is 0.0545 e. The largest absolute Gasteiger partial charge is 0.393 e. The first-order valence-corrected chi connectivity index (χ1v) is 6.12. The van der Waals surface area contributed by atoms with Crippen LogP contribution >= 0.6 is 0 Å². The Morgan fingerprint density at radius 1 is 1.07 bits per heavy atom. The van der Waals surface area contributed by atoms with E-state index >= 15 is 0 Å². The summed E-state index contributed by atoms with van der Waals surface area (Å²) in [4.78, 5) is 0. The predicted octanol–water partition coefficient (Wildman–Crippen LogP) is 3.36. The van der Waals surface area contributed by atoms with Gasteiger partial charge in [0.2, 0.25) is 0 Å². The van der Waals surface area contributed by atoms with Crippen molar-refractivity contribution in [3.63, 3.8) is 0 Å². The second-order valence-corrected chi connectivity index (χ2v) is 6.48. The van der Waals surface area contributed by atoms with Crippen LogP contribution in [0.25, 0.3) is 0 Å². The molecule has 0 aromatic heterocycles. The van der Waals surface area contributed by atoms with Gasteiger partial charge in [0.15, 0.2) is 0 Å². The monoisotopic (exact) mass is 196 g/mol. The van der Waals surface area contributed by atoms with E-state index < -0.39 is 0 Å². The van der Waals surface area contributed by atoms with Crippen LogP contribution in [0.5, 0.6) is 0 Å². The fourth-order valence-corrected chi connectivity index (χ4v) is 4.22. The molecule has 0 amide bonds. The minimum atomic E-state index is -0.0230. The average molecular weight is 196 g/mol. The number of aliphatic hydroxyl groups is 1. The van der Waals surface area contributed by atoms with Gasteiger partial charge in [0.25, 0.3) is 0 Å². The minimum absolute atomic E-state index is 0.0230. The molecular weight excluding hydrogens is 172 g/mol. The molecule has 0 bridgehead atoms. The lowest BCUT2D eigenvalue weighted by atomic mass is 9.51. The molecular formula is C13H24O. The van der Waals surface area contributed by atoms with Crippen molar-refractivity contribution in [2.24, 2.45) is 16.7 Å². The molecule has 2 saturated carbocycles. The van der Waals surface area contributed by atoms with Crippen LogP contribution < -0.4 is 0 Å². The summed E-state index contributed by atoms with van der Waals surface area (Å²) in [5.41, 5.74) is 0.937. The van der Waals surface area contributed by atoms with E-state index in [0.29, 0.717) is 10.8 Å². The van der Waals surface area contributed by atoms with E-state index in [4.69, 9.17) is 0 Å². The summed E-state index contributed by atoms with van der Waals surface area (Å²) in [6.07, 6.45) is 7.36. The third kappa shape index (κ3) is 1.60. The van der Waals surface area contributed by atoms with Crippen LogP contribution in [-0.2, 0) is 0 Å². The van der Waals surface area contributed by atoms with Crippen molar-refractivity contribution >= 4 is 0 Å². The standard InChI is InChI=1S/C13H24O/c1-12(2)7-4-8-13(3)9-10(14)5-6-11(12)13/h10-11,14H,4-9H2,1-3H3/t10?,11-,13?/m0/s1. The highest BCUT2D eigenvalue weighted by molar-refractivity contribution is 4.99. The summed E-state index contributed by atoms with van der Waals surface area (Å²) in [5, 5.41) is 9.78. The van der Waals surface area contributed by atoms with Crippen LogP contribution in [0.15, 0.2) is 0 Å². The Morgan fingerprint density at radius 3 is 2.50 bits per heavy atom. The lowest BCUT2D eigenvalue weighted by molar-refractivity contribution is -0.0731. The summed E-state index contributed by atoms with van der Waals surface area (Å²) >= 11 is 0. The molecule has 2 unspecified atom stereocenters. The molecule has 0 aromatic rings. The Bertz CT molecular complexity index is 221. The molecule has 82 valence electrons. The van der Waals surface area contributed by atoms with Gasteiger partial charge in [-0.25, -0.2) is 0 Å². The first-order chi connectivity index (χ1) is 6.44. The highest BCUT2D eigenvalue weighted by Crippen LogP contribution is 2.57. The predicted molar refractivity (Wildman–Crippen MR) is 59.1 cm³/mol. The fraction of sp³-hybridized carbons (Fsp3) is 1.00. The minimum Gasteiger partial charge on any atom is -0.393 e. The quantitative estimate of drug-likeness (QED) is 0.630. The lowest BCUT2D eigenvalue weighted by Crippen LogP contribution is -2.47. The molecule has 2 fully saturated rings. The first kappa shape index (κ1) is 10.5. The molecule has 1 nitrogen and oxygen atoms in total. The van der Waals surface area contributed by atoms with Crippen molar-refractivity contribution in [3.8, 4) is 0 Å². The highest BCUT2D eigenvalue weighted by Gasteiger charge is 2.48. The van der Waals surface area contributed by atoms with Crippen LogP contribution in [0.2, 0.25) is 0 Å². The van der Waals surface area contributed by atoms with Crippen molar-refractivity contribution in [2.75, 3.05) is 0 Å². The van der Waals surface area contributed by atoms with Gasteiger partial charge in [0.1, 0.15) is 0 Å². The van der Waals surface area contributed by atoms with E-state index in [1.165, 1.54) is 25.7 Å². The van der Waals surface area contributed by atoms with Crippen molar-refractivity contribution < 1.29 is 5.11 Å². The zero-order chi connectivity index (χ0) is 10.4. The number of hydrogen-bond acceptors (Lipinski definition) is 1. The summed E-state index contributed by atoms with van der Waals surface area (Å²) < 4.78 is 0. The van der Waals surface area contributed by atoms with Gasteiger partial charge < -0.3 is 5.11 Å². The second-order valence-electron chi connectivity index (χ2n) is 6.48. The summed E-state index contributed by atoms with van der Waals surface area (Å²) in [5.74, 6) is 0.840. The fourth-order valence-electron chi connectivity index (χ4n) is 4.22. The lowest BCUT2D eigenvalue weighted by Gasteiger charge is -2.54. The van der Waals surface area contributed by atoms with Crippen LogP contribution in [0.3, 0.4) is 0 Å². The molecule has 0 aromatic carbocycles. The van der Waals surface area contributed by atoms with Gasteiger partial charge in [0.05, 0.1) is 6.10 Å².